The van der Waals surface area contributed by atoms with Gasteiger partial charge in [0.15, 0.2) is 0 Å². The number of hydrogen-bond acceptors (Lipinski definition) is 3. The number of nitrogens with zero attached hydrogens (tertiary/aromatic N) is 2. The highest BCUT2D eigenvalue weighted by Crippen LogP contribution is 2.18. The molecule has 1 aromatic carbocycles. The van der Waals surface area contributed by atoms with Crippen LogP contribution in [-0.2, 0) is 11.8 Å². The fraction of sp³-hybridized carbons (Fsp3) is 0.385. The fourth-order valence-electron chi connectivity index (χ4n) is 1.65. The number of ether oxygens (including phenoxy) is 1. The lowest BCUT2D eigenvalue weighted by atomic mass is 10.2. The molecule has 18 heavy (non-hydrogen) atoms. The van der Waals surface area contributed by atoms with Crippen molar-refractivity contribution in [2.24, 2.45) is 7.05 Å². The van der Waals surface area contributed by atoms with Gasteiger partial charge in [-0.3, -0.25) is 5.32 Å². The molecular formula is C13H17N3O2. The van der Waals surface area contributed by atoms with Crippen LogP contribution in [0.15, 0.2) is 24.3 Å². The summed E-state index contributed by atoms with van der Waals surface area (Å²) < 4.78 is 7.01. The Bertz CT molecular complexity index is 581. The Balaban J connectivity index is 2.22. The third-order valence-electron chi connectivity index (χ3n) is 2.40. The topological polar surface area (TPSA) is 56.2 Å². The molecule has 0 aliphatic rings. The van der Waals surface area contributed by atoms with Gasteiger partial charge in [-0.1, -0.05) is 12.1 Å². The lowest BCUT2D eigenvalue weighted by Gasteiger charge is -2.19. The number of amides is 1. The van der Waals surface area contributed by atoms with Crippen LogP contribution in [0.25, 0.3) is 11.0 Å². The van der Waals surface area contributed by atoms with Crippen molar-refractivity contribution >= 4 is 23.1 Å². The minimum absolute atomic E-state index is 0.477. The van der Waals surface area contributed by atoms with Crippen molar-refractivity contribution in [3.05, 3.63) is 24.3 Å². The number of carbonyl (C=O) groups excluding carboxylic acids is 1. The maximum atomic E-state index is 11.7. The zero-order valence-electron chi connectivity index (χ0n) is 11.0. The molecule has 0 aliphatic carbocycles. The number of nitrogens with one attached hydrogen (secondary N) is 1. The second kappa shape index (κ2) is 4.33. The normalized spacial score (nSPS) is 11.6. The van der Waals surface area contributed by atoms with E-state index < -0.39 is 11.7 Å². The number of fused-ring (bicyclic) bond motifs is 1. The van der Waals surface area contributed by atoms with Crippen LogP contribution < -0.4 is 5.32 Å². The van der Waals surface area contributed by atoms with Gasteiger partial charge in [-0.2, -0.15) is 0 Å². The Kier molecular flexibility index (Phi) is 2.98. The van der Waals surface area contributed by atoms with Crippen molar-refractivity contribution in [1.29, 1.82) is 0 Å². The molecule has 0 saturated heterocycles. The molecule has 5 nitrogen and oxygen atoms in total. The molecule has 0 aliphatic heterocycles. The molecule has 0 spiro atoms. The highest BCUT2D eigenvalue weighted by Gasteiger charge is 2.18. The Morgan fingerprint density at radius 3 is 2.61 bits per heavy atom. The zero-order valence-corrected chi connectivity index (χ0v) is 11.0. The summed E-state index contributed by atoms with van der Waals surface area (Å²) in [5, 5.41) is 2.65. The van der Waals surface area contributed by atoms with Crippen molar-refractivity contribution < 1.29 is 9.53 Å². The van der Waals surface area contributed by atoms with E-state index in [-0.39, 0.29) is 0 Å². The molecule has 0 unspecified atom stereocenters. The van der Waals surface area contributed by atoms with E-state index in [1.807, 2.05) is 56.7 Å². The number of rotatable bonds is 1. The van der Waals surface area contributed by atoms with Crippen LogP contribution in [0, 0.1) is 0 Å². The maximum absolute atomic E-state index is 11.7. The number of benzene rings is 1. The maximum Gasteiger partial charge on any atom is 0.414 e. The summed E-state index contributed by atoms with van der Waals surface area (Å²) >= 11 is 0. The molecule has 1 amide bonds. The second-order valence-electron chi connectivity index (χ2n) is 5.11. The zero-order chi connectivity index (χ0) is 13.3. The minimum atomic E-state index is -0.519. The first-order chi connectivity index (χ1) is 8.37. The van der Waals surface area contributed by atoms with E-state index in [4.69, 9.17) is 4.74 Å². The summed E-state index contributed by atoms with van der Waals surface area (Å²) in [5.74, 6) is 0.477. The largest absolute Gasteiger partial charge is 0.444 e. The van der Waals surface area contributed by atoms with Crippen LogP contribution in [0.4, 0.5) is 10.7 Å². The predicted molar refractivity (Wildman–Crippen MR) is 70.6 cm³/mol. The standard InChI is InChI=1S/C13H17N3O2/c1-13(2,3)18-12(17)15-11-14-9-7-5-6-8-10(9)16(11)4/h5-8H,1-4H3,(H,14,15,17). The first-order valence-corrected chi connectivity index (χ1v) is 5.78. The molecule has 0 radical (unpaired) electrons. The van der Waals surface area contributed by atoms with E-state index in [0.717, 1.165) is 11.0 Å². The summed E-state index contributed by atoms with van der Waals surface area (Å²) in [6.45, 7) is 5.46. The number of imidazole rings is 1. The summed E-state index contributed by atoms with van der Waals surface area (Å²) in [5.41, 5.74) is 1.28. The Morgan fingerprint density at radius 1 is 1.33 bits per heavy atom. The van der Waals surface area contributed by atoms with Crippen molar-refractivity contribution in [3.63, 3.8) is 0 Å². The molecule has 2 rings (SSSR count). The molecule has 0 saturated carbocycles. The van der Waals surface area contributed by atoms with Gasteiger partial charge in [0, 0.05) is 7.05 Å². The number of aryl methyl sites for hydroxylation is 1. The second-order valence-corrected chi connectivity index (χ2v) is 5.11. The van der Waals surface area contributed by atoms with Crippen LogP contribution in [0.1, 0.15) is 20.8 Å². The average Bonchev–Trinajstić information content (AvgIpc) is 2.54. The van der Waals surface area contributed by atoms with Gasteiger partial charge in [0.05, 0.1) is 11.0 Å². The van der Waals surface area contributed by atoms with E-state index >= 15 is 0 Å². The third kappa shape index (κ3) is 2.61. The minimum Gasteiger partial charge on any atom is -0.444 e. The number of aromatic nitrogens is 2. The van der Waals surface area contributed by atoms with Crippen LogP contribution in [0.2, 0.25) is 0 Å². The number of carbonyl (C=O) groups is 1. The number of hydrogen-bond donors (Lipinski definition) is 1. The smallest absolute Gasteiger partial charge is 0.414 e. The molecule has 2 aromatic rings. The van der Waals surface area contributed by atoms with E-state index in [2.05, 4.69) is 10.3 Å². The van der Waals surface area contributed by atoms with Crippen molar-refractivity contribution in [3.8, 4) is 0 Å². The molecule has 0 atom stereocenters. The van der Waals surface area contributed by atoms with E-state index in [1.165, 1.54) is 0 Å². The highest BCUT2D eigenvalue weighted by molar-refractivity contribution is 5.87. The summed E-state index contributed by atoms with van der Waals surface area (Å²) in [4.78, 5) is 16.0. The predicted octanol–water partition coefficient (Wildman–Crippen LogP) is 2.92. The van der Waals surface area contributed by atoms with Crippen molar-refractivity contribution in [2.75, 3.05) is 5.32 Å². The van der Waals surface area contributed by atoms with Gasteiger partial charge in [0.25, 0.3) is 0 Å². The third-order valence-corrected chi connectivity index (χ3v) is 2.40. The molecule has 1 aromatic heterocycles. The summed E-state index contributed by atoms with van der Waals surface area (Å²) in [6.07, 6.45) is -0.499. The molecule has 0 bridgehead atoms. The van der Waals surface area contributed by atoms with Gasteiger partial charge in [-0.15, -0.1) is 0 Å². The Hall–Kier alpha value is -2.04. The van der Waals surface area contributed by atoms with Crippen LogP contribution >= 0.6 is 0 Å². The Labute approximate surface area is 106 Å². The van der Waals surface area contributed by atoms with Gasteiger partial charge in [0.1, 0.15) is 5.60 Å². The van der Waals surface area contributed by atoms with Crippen LogP contribution in [0.5, 0.6) is 0 Å². The van der Waals surface area contributed by atoms with E-state index in [0.29, 0.717) is 5.95 Å². The highest BCUT2D eigenvalue weighted by atomic mass is 16.6. The average molecular weight is 247 g/mol. The van der Waals surface area contributed by atoms with E-state index in [1.54, 1.807) is 0 Å². The summed E-state index contributed by atoms with van der Waals surface area (Å²) in [6, 6.07) is 7.69. The van der Waals surface area contributed by atoms with Crippen LogP contribution in [0.3, 0.4) is 0 Å². The van der Waals surface area contributed by atoms with Gasteiger partial charge in [-0.25, -0.2) is 9.78 Å². The number of para-hydroxylation sites is 2. The van der Waals surface area contributed by atoms with E-state index in [9.17, 15) is 4.79 Å². The van der Waals surface area contributed by atoms with Gasteiger partial charge < -0.3 is 9.30 Å². The molecule has 5 heteroatoms. The lowest BCUT2D eigenvalue weighted by Crippen LogP contribution is -2.28. The van der Waals surface area contributed by atoms with Crippen LogP contribution in [-0.4, -0.2) is 21.2 Å². The molecule has 1 N–H and O–H groups in total. The van der Waals surface area contributed by atoms with Crippen molar-refractivity contribution in [1.82, 2.24) is 9.55 Å². The number of anilines is 1. The van der Waals surface area contributed by atoms with Crippen molar-refractivity contribution in [2.45, 2.75) is 26.4 Å². The monoisotopic (exact) mass is 247 g/mol. The SMILES string of the molecule is Cn1c(NC(=O)OC(C)(C)C)nc2ccccc21. The Morgan fingerprint density at radius 2 is 2.00 bits per heavy atom. The summed E-state index contributed by atoms with van der Waals surface area (Å²) in [7, 11) is 1.85. The van der Waals surface area contributed by atoms with Gasteiger partial charge in [-0.05, 0) is 32.9 Å². The quantitative estimate of drug-likeness (QED) is 0.843. The molecule has 1 heterocycles. The van der Waals surface area contributed by atoms with Gasteiger partial charge >= 0.3 is 6.09 Å². The first-order valence-electron chi connectivity index (χ1n) is 5.78. The molecular weight excluding hydrogens is 230 g/mol. The molecule has 96 valence electrons. The fourth-order valence-corrected chi connectivity index (χ4v) is 1.65. The first kappa shape index (κ1) is 12.4. The molecule has 0 fully saturated rings. The lowest BCUT2D eigenvalue weighted by molar-refractivity contribution is 0.0634. The van der Waals surface area contributed by atoms with Gasteiger partial charge in [0.2, 0.25) is 5.95 Å².